The zero-order valence-electron chi connectivity index (χ0n) is 46.1. The number of rotatable bonds is 55. The van der Waals surface area contributed by atoms with Crippen LogP contribution in [0.2, 0.25) is 0 Å². The fourth-order valence-electron chi connectivity index (χ4n) is 8.74. The second-order valence-corrected chi connectivity index (χ2v) is 20.3. The van der Waals surface area contributed by atoms with Crippen LogP contribution in [-0.4, -0.2) is 37.2 Å². The summed E-state index contributed by atoms with van der Waals surface area (Å²) >= 11 is 0. The van der Waals surface area contributed by atoms with Gasteiger partial charge in [0.1, 0.15) is 13.2 Å². The molecule has 1 atom stereocenters. The summed E-state index contributed by atoms with van der Waals surface area (Å²) in [6.45, 7) is 6.63. The summed E-state index contributed by atoms with van der Waals surface area (Å²) in [7, 11) is 0. The number of hydrogen-bond acceptors (Lipinski definition) is 6. The zero-order chi connectivity index (χ0) is 50.0. The predicted octanol–water partition coefficient (Wildman–Crippen LogP) is 20.2. The lowest BCUT2D eigenvalue weighted by molar-refractivity contribution is -0.167. The smallest absolute Gasteiger partial charge is 0.306 e. The van der Waals surface area contributed by atoms with E-state index in [1.807, 2.05) is 0 Å². The van der Waals surface area contributed by atoms with Gasteiger partial charge in [-0.3, -0.25) is 14.4 Å². The highest BCUT2D eigenvalue weighted by molar-refractivity contribution is 5.71. The van der Waals surface area contributed by atoms with Crippen LogP contribution in [0, 0.1) is 0 Å². The van der Waals surface area contributed by atoms with Gasteiger partial charge < -0.3 is 14.2 Å². The second kappa shape index (κ2) is 57.9. The molecule has 0 aliphatic heterocycles. The van der Waals surface area contributed by atoms with Crippen LogP contribution in [0.15, 0.2) is 48.6 Å². The van der Waals surface area contributed by atoms with E-state index in [1.54, 1.807) is 0 Å². The van der Waals surface area contributed by atoms with E-state index in [0.29, 0.717) is 19.3 Å². The van der Waals surface area contributed by atoms with E-state index in [9.17, 15) is 14.4 Å². The van der Waals surface area contributed by atoms with E-state index in [-0.39, 0.29) is 31.1 Å². The van der Waals surface area contributed by atoms with Gasteiger partial charge in [0.2, 0.25) is 0 Å². The van der Waals surface area contributed by atoms with E-state index >= 15 is 0 Å². The van der Waals surface area contributed by atoms with Gasteiger partial charge >= 0.3 is 17.9 Å². The van der Waals surface area contributed by atoms with Crippen molar-refractivity contribution in [2.75, 3.05) is 13.2 Å². The largest absolute Gasteiger partial charge is 0.462 e. The van der Waals surface area contributed by atoms with Crippen LogP contribution in [0.3, 0.4) is 0 Å². The Balaban J connectivity index is 4.37. The van der Waals surface area contributed by atoms with Gasteiger partial charge in [-0.1, -0.05) is 262 Å². The SMILES string of the molecule is CCCCC/C=C\C/C=C\CCCCCCCCCC(=O)OC(COC(=O)CCCCCCCCC/C=C\C/C=C\CCCCCC)COC(=O)CCCCCCCCCCCCCCCCCC. The molecule has 0 radical (unpaired) electrons. The molecule has 0 aromatic heterocycles. The third-order valence-electron chi connectivity index (χ3n) is 13.3. The van der Waals surface area contributed by atoms with Crippen molar-refractivity contribution in [3.05, 3.63) is 48.6 Å². The lowest BCUT2D eigenvalue weighted by Crippen LogP contribution is -2.30. The number of ether oxygens (including phenoxy) is 3. The van der Waals surface area contributed by atoms with Crippen LogP contribution < -0.4 is 0 Å². The normalized spacial score (nSPS) is 12.3. The first-order chi connectivity index (χ1) is 34.0. The molecule has 0 saturated carbocycles. The maximum absolute atomic E-state index is 12.9. The Morgan fingerprint density at radius 3 is 0.841 bits per heavy atom. The van der Waals surface area contributed by atoms with Crippen molar-refractivity contribution in [3.63, 3.8) is 0 Å². The average molecular weight is 968 g/mol. The van der Waals surface area contributed by atoms with E-state index in [2.05, 4.69) is 69.4 Å². The van der Waals surface area contributed by atoms with Crippen molar-refractivity contribution in [1.82, 2.24) is 0 Å². The minimum absolute atomic E-state index is 0.0757. The van der Waals surface area contributed by atoms with Gasteiger partial charge in [0, 0.05) is 19.3 Å². The summed E-state index contributed by atoms with van der Waals surface area (Å²) in [6.07, 6.45) is 70.9. The summed E-state index contributed by atoms with van der Waals surface area (Å²) in [5.41, 5.74) is 0. The van der Waals surface area contributed by atoms with Crippen molar-refractivity contribution >= 4 is 17.9 Å². The number of allylic oxidation sites excluding steroid dienone is 8. The van der Waals surface area contributed by atoms with E-state index < -0.39 is 6.10 Å². The Hall–Kier alpha value is -2.63. The molecule has 6 heteroatoms. The van der Waals surface area contributed by atoms with Crippen molar-refractivity contribution in [2.45, 2.75) is 322 Å². The Bertz CT molecular complexity index is 1200. The highest BCUT2D eigenvalue weighted by Gasteiger charge is 2.19. The quantitative estimate of drug-likeness (QED) is 0.0262. The standard InChI is InChI=1S/C63H114O6/c1-4-7-10-13-16-19-22-25-28-31-33-35-38-41-44-47-50-53-56-62(65)68-59-60(58-67-61(64)55-52-49-46-43-40-37-34-30-27-24-21-18-15-12-9-6-3)69-63(66)57-54-51-48-45-42-39-36-32-29-26-23-20-17-14-11-8-5-2/h17,19-20,22,26,28-29,31,60H,4-16,18,21,23-25,27,30,32-59H2,1-3H3/b20-17-,22-19-,29-26-,31-28-. The molecule has 0 aromatic carbocycles. The van der Waals surface area contributed by atoms with Gasteiger partial charge in [0.15, 0.2) is 6.10 Å². The lowest BCUT2D eigenvalue weighted by atomic mass is 10.0. The van der Waals surface area contributed by atoms with Crippen LogP contribution in [0.4, 0.5) is 0 Å². The molecule has 0 fully saturated rings. The minimum Gasteiger partial charge on any atom is -0.462 e. The minimum atomic E-state index is -0.779. The molecule has 1 unspecified atom stereocenters. The van der Waals surface area contributed by atoms with E-state index in [1.165, 1.54) is 193 Å². The first-order valence-electron chi connectivity index (χ1n) is 30.1. The fraction of sp³-hybridized carbons (Fsp3) is 0.825. The predicted molar refractivity (Wildman–Crippen MR) is 298 cm³/mol. The molecule has 0 amide bonds. The highest BCUT2D eigenvalue weighted by atomic mass is 16.6. The highest BCUT2D eigenvalue weighted by Crippen LogP contribution is 2.16. The van der Waals surface area contributed by atoms with E-state index in [0.717, 1.165) is 83.5 Å². The van der Waals surface area contributed by atoms with Crippen LogP contribution in [0.25, 0.3) is 0 Å². The average Bonchev–Trinajstić information content (AvgIpc) is 3.35. The molecule has 0 N–H and O–H groups in total. The van der Waals surface area contributed by atoms with Gasteiger partial charge in [-0.2, -0.15) is 0 Å². The number of hydrogen-bond donors (Lipinski definition) is 0. The van der Waals surface area contributed by atoms with Crippen LogP contribution >= 0.6 is 0 Å². The second-order valence-electron chi connectivity index (χ2n) is 20.3. The molecule has 0 heterocycles. The number of carbonyl (C=O) groups excluding carboxylic acids is 3. The molecule has 6 nitrogen and oxygen atoms in total. The summed E-state index contributed by atoms with van der Waals surface area (Å²) in [5, 5.41) is 0. The molecule has 69 heavy (non-hydrogen) atoms. The Morgan fingerprint density at radius 2 is 0.522 bits per heavy atom. The molecule has 0 rings (SSSR count). The third-order valence-corrected chi connectivity index (χ3v) is 13.3. The number of unbranched alkanes of at least 4 members (excludes halogenated alkanes) is 36. The van der Waals surface area contributed by atoms with Crippen molar-refractivity contribution in [3.8, 4) is 0 Å². The Morgan fingerprint density at radius 1 is 0.290 bits per heavy atom. The monoisotopic (exact) mass is 967 g/mol. The Labute approximate surface area is 428 Å². The first-order valence-corrected chi connectivity index (χ1v) is 30.1. The van der Waals surface area contributed by atoms with Crippen molar-refractivity contribution < 1.29 is 28.6 Å². The zero-order valence-corrected chi connectivity index (χ0v) is 46.1. The fourth-order valence-corrected chi connectivity index (χ4v) is 8.74. The maximum atomic E-state index is 12.9. The van der Waals surface area contributed by atoms with Gasteiger partial charge in [-0.15, -0.1) is 0 Å². The summed E-state index contributed by atoms with van der Waals surface area (Å²) in [4.78, 5) is 38.2. The number of esters is 3. The summed E-state index contributed by atoms with van der Waals surface area (Å²) < 4.78 is 16.9. The topological polar surface area (TPSA) is 78.9 Å². The lowest BCUT2D eigenvalue weighted by Gasteiger charge is -2.18. The molecule has 0 saturated heterocycles. The molecule has 0 aliphatic rings. The first kappa shape index (κ1) is 66.4. The molecular formula is C63H114O6. The summed E-state index contributed by atoms with van der Waals surface area (Å²) in [6, 6.07) is 0. The Kier molecular flexibility index (Phi) is 55.7. The van der Waals surface area contributed by atoms with Gasteiger partial charge in [-0.05, 0) is 83.5 Å². The van der Waals surface area contributed by atoms with E-state index in [4.69, 9.17) is 14.2 Å². The molecule has 0 aromatic rings. The van der Waals surface area contributed by atoms with Crippen LogP contribution in [0.5, 0.6) is 0 Å². The third kappa shape index (κ3) is 56.2. The molecule has 0 spiro atoms. The van der Waals surface area contributed by atoms with Crippen LogP contribution in [-0.2, 0) is 28.6 Å². The molecule has 0 aliphatic carbocycles. The van der Waals surface area contributed by atoms with Crippen molar-refractivity contribution in [1.29, 1.82) is 0 Å². The van der Waals surface area contributed by atoms with Gasteiger partial charge in [0.05, 0.1) is 0 Å². The number of carbonyl (C=O) groups is 3. The van der Waals surface area contributed by atoms with Crippen LogP contribution in [0.1, 0.15) is 316 Å². The molecular weight excluding hydrogens is 853 g/mol. The molecule has 0 bridgehead atoms. The maximum Gasteiger partial charge on any atom is 0.306 e. The summed E-state index contributed by atoms with van der Waals surface area (Å²) in [5.74, 6) is -0.874. The van der Waals surface area contributed by atoms with Gasteiger partial charge in [0.25, 0.3) is 0 Å². The van der Waals surface area contributed by atoms with Gasteiger partial charge in [-0.25, -0.2) is 0 Å². The molecule has 402 valence electrons. The van der Waals surface area contributed by atoms with Crippen molar-refractivity contribution in [2.24, 2.45) is 0 Å².